The number of hydrogen-bond donors (Lipinski definition) is 2. The third-order valence-electron chi connectivity index (χ3n) is 4.62. The zero-order valence-electron chi connectivity index (χ0n) is 16.3. The van der Waals surface area contributed by atoms with Gasteiger partial charge in [-0.3, -0.25) is 0 Å². The minimum absolute atomic E-state index is 0.148. The predicted molar refractivity (Wildman–Crippen MR) is 108 cm³/mol. The van der Waals surface area contributed by atoms with Crippen molar-refractivity contribution >= 4 is 28.6 Å². The van der Waals surface area contributed by atoms with Gasteiger partial charge in [0.25, 0.3) is 0 Å². The Morgan fingerprint density at radius 1 is 1.19 bits per heavy atom. The van der Waals surface area contributed by atoms with Gasteiger partial charge in [0.2, 0.25) is 0 Å². The largest absolute Gasteiger partial charge is 0.338 e. The van der Waals surface area contributed by atoms with E-state index < -0.39 is 0 Å². The van der Waals surface area contributed by atoms with Gasteiger partial charge in [-0.15, -0.1) is 0 Å². The summed E-state index contributed by atoms with van der Waals surface area (Å²) in [5, 5.41) is 5.61. The van der Waals surface area contributed by atoms with Crippen LogP contribution in [0.25, 0.3) is 11.0 Å². The van der Waals surface area contributed by atoms with Crippen molar-refractivity contribution in [2.75, 3.05) is 18.5 Å². The van der Waals surface area contributed by atoms with E-state index in [9.17, 15) is 4.79 Å². The molecule has 3 rings (SSSR count). The minimum atomic E-state index is -0.148. The number of nitrogens with one attached hydrogen (secondary N) is 2. The summed E-state index contributed by atoms with van der Waals surface area (Å²) in [5.74, 6) is 0.869. The first-order valence-corrected chi connectivity index (χ1v) is 9.17. The quantitative estimate of drug-likeness (QED) is 0.703. The summed E-state index contributed by atoms with van der Waals surface area (Å²) in [6.07, 6.45) is 4.49. The molecule has 1 aromatic carbocycles. The first-order chi connectivity index (χ1) is 13.0. The summed E-state index contributed by atoms with van der Waals surface area (Å²) in [6.45, 7) is 5.15. The molecule has 142 valence electrons. The van der Waals surface area contributed by atoms with E-state index in [0.29, 0.717) is 13.1 Å². The Hall–Kier alpha value is -3.09. The summed E-state index contributed by atoms with van der Waals surface area (Å²) in [5.41, 5.74) is 5.32. The maximum Gasteiger partial charge on any atom is 0.315 e. The molecule has 0 atom stereocenters. The Bertz CT molecular complexity index is 949. The third kappa shape index (κ3) is 4.02. The van der Waals surface area contributed by atoms with Crippen LogP contribution in [0.4, 0.5) is 16.3 Å². The highest BCUT2D eigenvalue weighted by atomic mass is 16.2. The number of amides is 2. The lowest BCUT2D eigenvalue weighted by molar-refractivity contribution is 0.241. The maximum atomic E-state index is 11.6. The molecule has 2 amide bonds. The van der Waals surface area contributed by atoms with Gasteiger partial charge >= 0.3 is 6.03 Å². The first kappa shape index (κ1) is 18.7. The molecule has 0 aliphatic rings. The lowest BCUT2D eigenvalue weighted by Crippen LogP contribution is -2.34. The molecule has 3 aromatic rings. The number of nitrogens with zero attached hydrogens (tertiary/aromatic N) is 4. The van der Waals surface area contributed by atoms with Crippen molar-refractivity contribution in [2.45, 2.75) is 26.8 Å². The molecule has 0 aliphatic carbocycles. The lowest BCUT2D eigenvalue weighted by Gasteiger charge is -2.22. The van der Waals surface area contributed by atoms with Gasteiger partial charge < -0.3 is 20.1 Å². The topological polar surface area (TPSA) is 75.1 Å². The van der Waals surface area contributed by atoms with Crippen LogP contribution < -0.4 is 15.5 Å². The van der Waals surface area contributed by atoms with Crippen LogP contribution in [0.15, 0.2) is 36.8 Å². The minimum Gasteiger partial charge on any atom is -0.338 e. The van der Waals surface area contributed by atoms with Crippen LogP contribution in [0.5, 0.6) is 0 Å². The Morgan fingerprint density at radius 3 is 2.74 bits per heavy atom. The zero-order valence-corrected chi connectivity index (χ0v) is 16.3. The Morgan fingerprint density at radius 2 is 2.00 bits per heavy atom. The van der Waals surface area contributed by atoms with Gasteiger partial charge in [0.05, 0.1) is 18.0 Å². The number of imidazole rings is 1. The number of anilines is 2. The van der Waals surface area contributed by atoms with E-state index in [4.69, 9.17) is 0 Å². The number of rotatable bonds is 6. The average Bonchev–Trinajstić information content (AvgIpc) is 3.06. The van der Waals surface area contributed by atoms with E-state index in [-0.39, 0.29) is 6.03 Å². The molecule has 0 spiro atoms. The number of urea groups is 1. The number of aromatic nitrogens is 3. The fourth-order valence-electron chi connectivity index (χ4n) is 3.09. The molecular formula is C20H26N6O. The number of hydrogen-bond acceptors (Lipinski definition) is 4. The molecule has 27 heavy (non-hydrogen) atoms. The Labute approximate surface area is 159 Å². The third-order valence-corrected chi connectivity index (χ3v) is 4.62. The predicted octanol–water partition coefficient (Wildman–Crippen LogP) is 3.12. The second-order valence-electron chi connectivity index (χ2n) is 6.48. The van der Waals surface area contributed by atoms with E-state index in [1.54, 1.807) is 12.5 Å². The number of fused-ring (bicyclic) bond motifs is 1. The molecule has 7 nitrogen and oxygen atoms in total. The van der Waals surface area contributed by atoms with Crippen LogP contribution in [-0.2, 0) is 20.0 Å². The summed E-state index contributed by atoms with van der Waals surface area (Å²) < 4.78 is 1.99. The van der Waals surface area contributed by atoms with E-state index >= 15 is 0 Å². The molecule has 0 aliphatic heterocycles. The lowest BCUT2D eigenvalue weighted by atomic mass is 10.1. The first-order valence-electron chi connectivity index (χ1n) is 9.17. The van der Waals surface area contributed by atoms with E-state index in [1.807, 2.05) is 37.7 Å². The van der Waals surface area contributed by atoms with Gasteiger partial charge in [0, 0.05) is 38.9 Å². The van der Waals surface area contributed by atoms with E-state index in [0.717, 1.165) is 34.5 Å². The average molecular weight is 366 g/mol. The van der Waals surface area contributed by atoms with Gasteiger partial charge in [0.15, 0.2) is 0 Å². The zero-order chi connectivity index (χ0) is 19.4. The van der Waals surface area contributed by atoms with Crippen molar-refractivity contribution in [2.24, 2.45) is 7.05 Å². The number of carbonyl (C=O) groups is 1. The molecule has 0 saturated carbocycles. The summed E-state index contributed by atoms with van der Waals surface area (Å²) >= 11 is 0. The van der Waals surface area contributed by atoms with Crippen molar-refractivity contribution in [3.05, 3.63) is 47.9 Å². The number of carbonyl (C=O) groups excluding carboxylic acids is 1. The molecule has 7 heteroatoms. The highest BCUT2D eigenvalue weighted by Gasteiger charge is 2.12. The fraction of sp³-hybridized carbons (Fsp3) is 0.350. The van der Waals surface area contributed by atoms with Crippen molar-refractivity contribution in [3.63, 3.8) is 0 Å². The molecule has 0 radical (unpaired) electrons. The summed E-state index contributed by atoms with van der Waals surface area (Å²) in [4.78, 5) is 22.6. The maximum absolute atomic E-state index is 11.6. The van der Waals surface area contributed by atoms with Crippen LogP contribution >= 0.6 is 0 Å². The second kappa shape index (κ2) is 8.07. The monoisotopic (exact) mass is 366 g/mol. The van der Waals surface area contributed by atoms with Gasteiger partial charge in [-0.25, -0.2) is 14.8 Å². The van der Waals surface area contributed by atoms with Crippen molar-refractivity contribution in [1.29, 1.82) is 0 Å². The van der Waals surface area contributed by atoms with Crippen LogP contribution in [0.3, 0.4) is 0 Å². The van der Waals surface area contributed by atoms with Gasteiger partial charge in [0.1, 0.15) is 11.3 Å². The van der Waals surface area contributed by atoms with Gasteiger partial charge in [-0.1, -0.05) is 19.1 Å². The molecule has 2 aromatic heterocycles. The number of benzene rings is 1. The molecule has 2 N–H and O–H groups in total. The van der Waals surface area contributed by atoms with Gasteiger partial charge in [-0.05, 0) is 30.5 Å². The fourth-order valence-corrected chi connectivity index (χ4v) is 3.09. The highest BCUT2D eigenvalue weighted by molar-refractivity contribution is 5.79. The number of aryl methyl sites for hydroxylation is 2. The Balaban J connectivity index is 1.83. The molecular weight excluding hydrogens is 340 g/mol. The van der Waals surface area contributed by atoms with Crippen molar-refractivity contribution in [3.8, 4) is 0 Å². The normalized spacial score (nSPS) is 10.8. The molecule has 0 bridgehead atoms. The summed E-state index contributed by atoms with van der Waals surface area (Å²) in [6, 6.07) is 8.17. The summed E-state index contributed by atoms with van der Waals surface area (Å²) in [7, 11) is 4.00. The highest BCUT2D eigenvalue weighted by Crippen LogP contribution is 2.28. The van der Waals surface area contributed by atoms with Crippen LogP contribution in [0, 0.1) is 0 Å². The van der Waals surface area contributed by atoms with E-state index in [1.165, 1.54) is 5.56 Å². The number of pyridine rings is 1. The van der Waals surface area contributed by atoms with Crippen molar-refractivity contribution in [1.82, 2.24) is 25.2 Å². The Kier molecular flexibility index (Phi) is 5.59. The smallest absolute Gasteiger partial charge is 0.315 e. The SMILES string of the molecule is CCNC(=O)NCc1ccc(N(C)c2cc3c(cn2)ncn3C)c(CC)c1. The van der Waals surface area contributed by atoms with Crippen LogP contribution in [0.1, 0.15) is 25.0 Å². The van der Waals surface area contributed by atoms with Crippen LogP contribution in [0.2, 0.25) is 0 Å². The molecule has 0 fully saturated rings. The van der Waals surface area contributed by atoms with Gasteiger partial charge in [-0.2, -0.15) is 0 Å². The second-order valence-corrected chi connectivity index (χ2v) is 6.48. The standard InChI is InChI=1S/C20H26N6O/c1-5-15-9-14(11-23-20(27)21-6-2)7-8-17(15)26(4)19-10-18-16(12-22-19)24-13-25(18)3/h7-10,12-13H,5-6,11H2,1-4H3,(H2,21,23,27). The molecule has 0 unspecified atom stereocenters. The van der Waals surface area contributed by atoms with Crippen LogP contribution in [-0.4, -0.2) is 34.2 Å². The van der Waals surface area contributed by atoms with E-state index in [2.05, 4.69) is 44.6 Å². The molecule has 0 saturated heterocycles. The van der Waals surface area contributed by atoms with Crippen molar-refractivity contribution < 1.29 is 4.79 Å². The molecule has 2 heterocycles.